The van der Waals surface area contributed by atoms with E-state index in [0.29, 0.717) is 5.75 Å². The SMILES string of the molecule is CCOc1nc(N)nc2c1ncn2[C@@H]1O[C@H](CO[P@@](=S)(N[C@H](C)C(=O)OC(C)C)Oc2ccccc2)[C@@H](O)[C@@]1(F)Cl. The topological polar surface area (TPSA) is 165 Å². The zero-order valence-electron chi connectivity index (χ0n) is 22.6. The van der Waals surface area contributed by atoms with Crippen LogP contribution in [0.25, 0.3) is 11.2 Å². The van der Waals surface area contributed by atoms with Crippen molar-refractivity contribution in [3.05, 3.63) is 36.7 Å². The summed E-state index contributed by atoms with van der Waals surface area (Å²) in [6.45, 7) is 3.04. The van der Waals surface area contributed by atoms with Crippen molar-refractivity contribution in [2.24, 2.45) is 0 Å². The van der Waals surface area contributed by atoms with Gasteiger partial charge in [-0.2, -0.15) is 9.97 Å². The molecule has 1 saturated heterocycles. The van der Waals surface area contributed by atoms with E-state index in [1.54, 1.807) is 58.0 Å². The van der Waals surface area contributed by atoms with Crippen molar-refractivity contribution in [2.75, 3.05) is 18.9 Å². The van der Waals surface area contributed by atoms with Gasteiger partial charge < -0.3 is 34.1 Å². The van der Waals surface area contributed by atoms with E-state index in [9.17, 15) is 9.90 Å². The van der Waals surface area contributed by atoms with Crippen LogP contribution in [0.5, 0.6) is 11.6 Å². The summed E-state index contributed by atoms with van der Waals surface area (Å²) >= 11 is 11.9. The molecule has 0 unspecified atom stereocenters. The fraction of sp³-hybridized carbons (Fsp3) is 0.500. The highest BCUT2D eigenvalue weighted by Gasteiger charge is 2.58. The summed E-state index contributed by atoms with van der Waals surface area (Å²) in [5.41, 5.74) is 6.09. The van der Waals surface area contributed by atoms with Gasteiger partial charge in [-0.1, -0.05) is 29.8 Å². The van der Waals surface area contributed by atoms with Crippen molar-refractivity contribution in [3.8, 4) is 11.6 Å². The second kappa shape index (κ2) is 12.7. The standard InChI is InChI=1S/C24H31ClFN6O7PS/c1-5-35-20-17-19(29-23(27)30-20)32(12-28-17)22-24(25,26)18(33)16(38-22)11-36-40(41,39-15-9-7-6-8-10-15)31-14(4)21(34)37-13(2)3/h6-10,12-14,16,18,22,33H,5,11H2,1-4H3,(H,31,41)(H2,27,29,30)/t14-,16-,18-,22-,24+,40+/m1/s1. The third-order valence-electron chi connectivity index (χ3n) is 5.75. The first kappa shape index (κ1) is 31.3. The lowest BCUT2D eigenvalue weighted by Gasteiger charge is -2.28. The number of alkyl halides is 2. The highest BCUT2D eigenvalue weighted by atomic mass is 35.5. The molecule has 0 bridgehead atoms. The largest absolute Gasteiger partial charge is 0.476 e. The Morgan fingerprint density at radius 3 is 2.71 bits per heavy atom. The average Bonchev–Trinajstić information content (AvgIpc) is 3.41. The lowest BCUT2D eigenvalue weighted by atomic mass is 10.1. The van der Waals surface area contributed by atoms with Crippen LogP contribution in [0, 0.1) is 0 Å². The van der Waals surface area contributed by atoms with Crippen molar-refractivity contribution in [1.82, 2.24) is 24.6 Å². The lowest BCUT2D eigenvalue weighted by Crippen LogP contribution is -2.40. The van der Waals surface area contributed by atoms with Crippen LogP contribution in [0.1, 0.15) is 33.9 Å². The number of aliphatic hydroxyl groups is 1. The van der Waals surface area contributed by atoms with Crippen LogP contribution >= 0.6 is 18.2 Å². The number of aromatic nitrogens is 4. The molecule has 3 aromatic rings. The van der Waals surface area contributed by atoms with E-state index in [4.69, 9.17) is 52.4 Å². The number of nitrogens with two attached hydrogens (primary N) is 1. The van der Waals surface area contributed by atoms with Crippen molar-refractivity contribution >= 4 is 53.1 Å². The van der Waals surface area contributed by atoms with Crippen molar-refractivity contribution in [3.63, 3.8) is 0 Å². The molecule has 1 fully saturated rings. The Kier molecular flexibility index (Phi) is 9.69. The first-order valence-electron chi connectivity index (χ1n) is 12.7. The normalized spacial score (nSPS) is 24.7. The van der Waals surface area contributed by atoms with Gasteiger partial charge in [0, 0.05) is 0 Å². The number of esters is 1. The number of imidazole rings is 1. The number of halogens is 2. The Bertz CT molecular complexity index is 1420. The van der Waals surface area contributed by atoms with Crippen LogP contribution in [0.3, 0.4) is 0 Å². The third-order valence-corrected chi connectivity index (χ3v) is 8.66. The number of anilines is 1. The molecule has 3 heterocycles. The van der Waals surface area contributed by atoms with Gasteiger partial charge in [-0.05, 0) is 51.6 Å². The van der Waals surface area contributed by atoms with E-state index in [1.165, 1.54) is 10.9 Å². The van der Waals surface area contributed by atoms with Crippen LogP contribution in [0.4, 0.5) is 10.3 Å². The molecule has 0 saturated carbocycles. The molecule has 13 nitrogen and oxygen atoms in total. The first-order valence-corrected chi connectivity index (χ1v) is 15.7. The summed E-state index contributed by atoms with van der Waals surface area (Å²) in [6.07, 6.45) is -3.91. The Balaban J connectivity index is 1.56. The molecule has 1 aliphatic heterocycles. The molecule has 6 atom stereocenters. The van der Waals surface area contributed by atoms with Gasteiger partial charge in [0.05, 0.1) is 25.6 Å². The first-order chi connectivity index (χ1) is 19.3. The molecule has 2 aromatic heterocycles. The summed E-state index contributed by atoms with van der Waals surface area (Å²) in [6, 6.07) is 7.64. The van der Waals surface area contributed by atoms with Crippen LogP contribution in [-0.2, 0) is 30.6 Å². The Morgan fingerprint density at radius 2 is 2.05 bits per heavy atom. The molecule has 41 heavy (non-hydrogen) atoms. The summed E-state index contributed by atoms with van der Waals surface area (Å²) in [7, 11) is 0. The average molecular weight is 633 g/mol. The van der Waals surface area contributed by atoms with Gasteiger partial charge in [0.2, 0.25) is 11.8 Å². The number of hydrogen-bond donors (Lipinski definition) is 3. The monoisotopic (exact) mass is 632 g/mol. The fourth-order valence-corrected chi connectivity index (χ4v) is 6.64. The van der Waals surface area contributed by atoms with Gasteiger partial charge >= 0.3 is 12.6 Å². The second-order valence-corrected chi connectivity index (χ2v) is 13.0. The Labute approximate surface area is 245 Å². The maximum atomic E-state index is 15.8. The maximum Gasteiger partial charge on any atom is 0.323 e. The minimum atomic E-state index is -3.50. The molecule has 0 aliphatic carbocycles. The van der Waals surface area contributed by atoms with E-state index < -0.39 is 48.8 Å². The number of rotatable bonds is 12. The summed E-state index contributed by atoms with van der Waals surface area (Å²) in [5, 5.41) is 10.9. The van der Waals surface area contributed by atoms with E-state index >= 15 is 4.39 Å². The maximum absolute atomic E-state index is 15.8. The molecule has 0 radical (unpaired) electrons. The molecule has 17 heteroatoms. The minimum Gasteiger partial charge on any atom is -0.476 e. The molecule has 1 aliphatic rings. The van der Waals surface area contributed by atoms with E-state index in [-0.39, 0.29) is 35.7 Å². The summed E-state index contributed by atoms with van der Waals surface area (Å²) in [5.74, 6) is -0.255. The Morgan fingerprint density at radius 1 is 1.34 bits per heavy atom. The highest BCUT2D eigenvalue weighted by molar-refractivity contribution is 8.09. The van der Waals surface area contributed by atoms with Crippen LogP contribution in [0.2, 0.25) is 0 Å². The summed E-state index contributed by atoms with van der Waals surface area (Å²) in [4.78, 5) is 24.8. The zero-order valence-corrected chi connectivity index (χ0v) is 25.1. The number of aliphatic hydroxyl groups excluding tert-OH is 1. The molecule has 4 rings (SSSR count). The van der Waals surface area contributed by atoms with E-state index in [2.05, 4.69) is 20.0 Å². The summed E-state index contributed by atoms with van der Waals surface area (Å²) < 4.78 is 45.4. The van der Waals surface area contributed by atoms with Crippen molar-refractivity contribution in [1.29, 1.82) is 0 Å². The molecule has 4 N–H and O–H groups in total. The number of carbonyl (C=O) groups is 1. The number of nitrogens with one attached hydrogen (secondary N) is 1. The quantitative estimate of drug-likeness (QED) is 0.152. The zero-order chi connectivity index (χ0) is 29.9. The van der Waals surface area contributed by atoms with Crippen molar-refractivity contribution < 1.29 is 37.5 Å². The highest BCUT2D eigenvalue weighted by Crippen LogP contribution is 2.49. The number of fused-ring (bicyclic) bond motifs is 1. The van der Waals surface area contributed by atoms with E-state index in [0.717, 1.165) is 0 Å². The fourth-order valence-electron chi connectivity index (χ4n) is 3.93. The number of benzene rings is 1. The van der Waals surface area contributed by atoms with Gasteiger partial charge in [0.1, 0.15) is 24.0 Å². The molecule has 1 aromatic carbocycles. The predicted octanol–water partition coefficient (Wildman–Crippen LogP) is 3.22. The van der Waals surface area contributed by atoms with Gasteiger partial charge in [0.15, 0.2) is 17.4 Å². The van der Waals surface area contributed by atoms with Gasteiger partial charge in [-0.3, -0.25) is 9.36 Å². The molecular formula is C24H31ClFN6O7PS. The van der Waals surface area contributed by atoms with Crippen LogP contribution in [-0.4, -0.2) is 73.3 Å². The number of ether oxygens (including phenoxy) is 3. The lowest BCUT2D eigenvalue weighted by molar-refractivity contribution is -0.149. The van der Waals surface area contributed by atoms with Crippen LogP contribution in [0.15, 0.2) is 36.7 Å². The van der Waals surface area contributed by atoms with Gasteiger partial charge in [-0.15, -0.1) is 0 Å². The molecule has 0 amide bonds. The second-order valence-electron chi connectivity index (χ2n) is 9.32. The van der Waals surface area contributed by atoms with Gasteiger partial charge in [-0.25, -0.2) is 14.5 Å². The Hall–Kier alpha value is -2.65. The number of para-hydroxylation sites is 1. The van der Waals surface area contributed by atoms with E-state index in [1.807, 2.05) is 0 Å². The molecule has 224 valence electrons. The minimum absolute atomic E-state index is 0.0825. The number of carbonyl (C=O) groups excluding carboxylic acids is 1. The number of nitrogens with zero attached hydrogens (tertiary/aromatic N) is 4. The number of nitrogen functional groups attached to an aromatic ring is 1. The van der Waals surface area contributed by atoms with Crippen LogP contribution < -0.4 is 20.1 Å². The van der Waals surface area contributed by atoms with Gasteiger partial charge in [0.25, 0.3) is 5.13 Å². The number of hydrogen-bond acceptors (Lipinski definition) is 12. The molecular weight excluding hydrogens is 602 g/mol. The molecule has 0 spiro atoms. The predicted molar refractivity (Wildman–Crippen MR) is 152 cm³/mol. The third kappa shape index (κ3) is 7.05. The van der Waals surface area contributed by atoms with Crippen molar-refractivity contribution in [2.45, 2.75) is 63.4 Å². The smallest absolute Gasteiger partial charge is 0.323 e.